The first kappa shape index (κ1) is 29.2. The topological polar surface area (TPSA) is 163 Å². The number of fused-ring (bicyclic) bond motifs is 1. The van der Waals surface area contributed by atoms with Crippen molar-refractivity contribution in [3.63, 3.8) is 0 Å². The molecule has 0 aliphatic carbocycles. The third-order valence-corrected chi connectivity index (χ3v) is 11.5. The maximum absolute atomic E-state index is 13.4. The van der Waals surface area contributed by atoms with E-state index in [4.69, 9.17) is 0 Å². The van der Waals surface area contributed by atoms with Gasteiger partial charge in [-0.1, -0.05) is 20.3 Å². The van der Waals surface area contributed by atoms with Gasteiger partial charge in [0.05, 0.1) is 18.0 Å². The number of nitrogens with one attached hydrogen (secondary N) is 2. The van der Waals surface area contributed by atoms with E-state index in [0.717, 1.165) is 32.5 Å². The lowest BCUT2D eigenvalue weighted by molar-refractivity contribution is -0.160. The number of aromatic nitrogens is 4. The third-order valence-electron chi connectivity index (χ3n) is 9.98. The fourth-order valence-electron chi connectivity index (χ4n) is 7.74. The van der Waals surface area contributed by atoms with Gasteiger partial charge in [0.1, 0.15) is 18.6 Å². The second kappa shape index (κ2) is 11.7. The number of hydrogen-bond donors (Lipinski definition) is 3. The minimum atomic E-state index is -1.11. The second-order valence-electron chi connectivity index (χ2n) is 12.7. The van der Waals surface area contributed by atoms with Gasteiger partial charge in [0.15, 0.2) is 5.78 Å². The van der Waals surface area contributed by atoms with Crippen molar-refractivity contribution in [2.45, 2.75) is 88.2 Å². The van der Waals surface area contributed by atoms with Crippen molar-refractivity contribution in [3.05, 3.63) is 16.9 Å². The monoisotopic (exact) mass is 600 g/mol. The van der Waals surface area contributed by atoms with Crippen LogP contribution < -0.4 is 10.6 Å². The lowest BCUT2D eigenvalue weighted by Gasteiger charge is -2.47. The Hall–Kier alpha value is -2.84. The number of tetrazole rings is 1. The van der Waals surface area contributed by atoms with E-state index in [-0.39, 0.29) is 71.0 Å². The molecule has 0 bridgehead atoms. The Morgan fingerprint density at radius 3 is 2.67 bits per heavy atom. The van der Waals surface area contributed by atoms with Gasteiger partial charge in [-0.15, -0.1) is 16.9 Å². The number of thioether (sulfide) groups is 1. The summed E-state index contributed by atoms with van der Waals surface area (Å²) in [4.78, 5) is 55.7. The molecule has 6 atom stereocenters. The lowest BCUT2D eigenvalue weighted by Crippen LogP contribution is -2.62. The summed E-state index contributed by atoms with van der Waals surface area (Å²) < 4.78 is 1.35. The first-order valence-corrected chi connectivity index (χ1v) is 16.0. The molecule has 1 spiro atoms. The van der Waals surface area contributed by atoms with E-state index < -0.39 is 11.9 Å². The predicted molar refractivity (Wildman–Crippen MR) is 153 cm³/mol. The number of ketones is 1. The molecule has 4 fully saturated rings. The van der Waals surface area contributed by atoms with Gasteiger partial charge in [0.2, 0.25) is 11.8 Å². The average molecular weight is 601 g/mol. The number of nitrogens with zero attached hydrogens (tertiary/aromatic N) is 6. The minimum absolute atomic E-state index is 0.0319. The maximum atomic E-state index is 13.4. The first-order valence-electron chi connectivity index (χ1n) is 15.1. The molecule has 5 aliphatic rings. The molecule has 3 N–H and O–H groups in total. The molecule has 6 rings (SSSR count). The zero-order valence-electron chi connectivity index (χ0n) is 24.2. The molecule has 13 nitrogen and oxygen atoms in total. The minimum Gasteiger partial charge on any atom is -0.477 e. The van der Waals surface area contributed by atoms with Crippen molar-refractivity contribution in [1.82, 2.24) is 40.6 Å². The molecular weight excluding hydrogens is 560 g/mol. The summed E-state index contributed by atoms with van der Waals surface area (Å²) in [5, 5.41) is 28.1. The summed E-state index contributed by atoms with van der Waals surface area (Å²) in [7, 11) is 0. The average Bonchev–Trinajstić information content (AvgIpc) is 3.70. The number of carbonyl (C=O) groups excluding carboxylic acids is 3. The molecule has 4 saturated heterocycles. The standard InChI is InChI=1S/C28H40N8O5S/c1-16(11-18(37)14-35-15-31-32-33-35)21-22-17(2)24(23(27(40)41)36(22)26(21)39)42-19-12-20(29-13-19)25(38)34-9-6-28(7-10-34)5-3-4-8-30-28/h15-17,19-22,29-30H,3-14H2,1-2H3,(H,40,41)/t16-,17+,19?,20?,21+,22+/m0/s1. The number of carboxylic acids is 1. The highest BCUT2D eigenvalue weighted by Crippen LogP contribution is 2.53. The molecule has 42 heavy (non-hydrogen) atoms. The molecular formula is C28H40N8O5S. The summed E-state index contributed by atoms with van der Waals surface area (Å²) >= 11 is 1.49. The van der Waals surface area contributed by atoms with Crippen molar-refractivity contribution in [2.24, 2.45) is 17.8 Å². The van der Waals surface area contributed by atoms with E-state index in [0.29, 0.717) is 17.9 Å². The van der Waals surface area contributed by atoms with E-state index >= 15 is 0 Å². The molecule has 0 saturated carbocycles. The maximum Gasteiger partial charge on any atom is 0.353 e. The summed E-state index contributed by atoms with van der Waals surface area (Å²) in [6.07, 6.45) is 7.82. The number of piperidine rings is 2. The highest BCUT2D eigenvalue weighted by atomic mass is 32.2. The van der Waals surface area contributed by atoms with Gasteiger partial charge in [-0.25, -0.2) is 9.48 Å². The van der Waals surface area contributed by atoms with E-state index in [1.54, 1.807) is 0 Å². The Kier molecular flexibility index (Phi) is 8.13. The Morgan fingerprint density at radius 2 is 2.00 bits per heavy atom. The number of amides is 2. The van der Waals surface area contributed by atoms with Crippen LogP contribution in [0.3, 0.4) is 0 Å². The van der Waals surface area contributed by atoms with Gasteiger partial charge >= 0.3 is 5.97 Å². The first-order chi connectivity index (χ1) is 20.2. The van der Waals surface area contributed by atoms with E-state index in [2.05, 4.69) is 26.2 Å². The van der Waals surface area contributed by atoms with Crippen molar-refractivity contribution in [1.29, 1.82) is 0 Å². The number of hydrogen-bond acceptors (Lipinski definition) is 10. The number of carboxylic acid groups (broad SMARTS) is 1. The fraction of sp³-hybridized carbons (Fsp3) is 0.750. The molecule has 2 unspecified atom stereocenters. The Bertz CT molecular complexity index is 1250. The summed E-state index contributed by atoms with van der Waals surface area (Å²) in [6.45, 7) is 7.08. The van der Waals surface area contributed by atoms with Gasteiger partial charge in [-0.3, -0.25) is 14.4 Å². The molecule has 2 amide bonds. The van der Waals surface area contributed by atoms with Crippen LogP contribution in [0.5, 0.6) is 0 Å². The normalized spacial score (nSPS) is 31.3. The van der Waals surface area contributed by atoms with Crippen LogP contribution in [0.2, 0.25) is 0 Å². The van der Waals surface area contributed by atoms with Crippen LogP contribution in [-0.2, 0) is 25.7 Å². The smallest absolute Gasteiger partial charge is 0.353 e. The quantitative estimate of drug-likeness (QED) is 0.341. The molecule has 14 heteroatoms. The van der Waals surface area contributed by atoms with Crippen LogP contribution in [0.25, 0.3) is 0 Å². The van der Waals surface area contributed by atoms with Crippen LogP contribution >= 0.6 is 11.8 Å². The van der Waals surface area contributed by atoms with Crippen LogP contribution in [0.1, 0.15) is 58.8 Å². The number of rotatable bonds is 9. The molecule has 1 aromatic heterocycles. The van der Waals surface area contributed by atoms with Crippen LogP contribution in [0.15, 0.2) is 16.9 Å². The molecule has 0 radical (unpaired) electrons. The lowest BCUT2D eigenvalue weighted by atomic mass is 9.73. The van der Waals surface area contributed by atoms with Gasteiger partial charge in [0, 0.05) is 47.7 Å². The highest BCUT2D eigenvalue weighted by molar-refractivity contribution is 8.03. The third kappa shape index (κ3) is 5.37. The Labute approximate surface area is 249 Å². The van der Waals surface area contributed by atoms with E-state index in [1.165, 1.54) is 46.9 Å². The van der Waals surface area contributed by atoms with Crippen molar-refractivity contribution < 1.29 is 24.3 Å². The SMILES string of the molecule is C[C@@H](CC(=O)Cn1cnnn1)[C@H]1C(=O)N2C(C(=O)O)=C(SC3CNC(C(=O)N4CCC5(CCCCN5)CC4)C3)[C@H](C)[C@H]12. The van der Waals surface area contributed by atoms with E-state index in [9.17, 15) is 24.3 Å². The largest absolute Gasteiger partial charge is 0.477 e. The highest BCUT2D eigenvalue weighted by Gasteiger charge is 2.60. The van der Waals surface area contributed by atoms with Gasteiger partial charge in [-0.05, 0) is 55.0 Å². The van der Waals surface area contributed by atoms with Crippen molar-refractivity contribution in [2.75, 3.05) is 26.2 Å². The zero-order chi connectivity index (χ0) is 29.6. The van der Waals surface area contributed by atoms with Crippen LogP contribution in [-0.4, -0.2) is 108 Å². The molecule has 0 aromatic carbocycles. The number of likely N-dealkylation sites (tertiary alicyclic amines) is 1. The zero-order valence-corrected chi connectivity index (χ0v) is 25.0. The van der Waals surface area contributed by atoms with Crippen LogP contribution in [0, 0.1) is 17.8 Å². The molecule has 5 aliphatic heterocycles. The molecule has 6 heterocycles. The van der Waals surface area contributed by atoms with Gasteiger partial charge in [-0.2, -0.15) is 0 Å². The molecule has 1 aromatic rings. The molecule has 228 valence electrons. The predicted octanol–water partition coefficient (Wildman–Crippen LogP) is 0.640. The Balaban J connectivity index is 1.06. The van der Waals surface area contributed by atoms with Gasteiger partial charge in [0.25, 0.3) is 0 Å². The van der Waals surface area contributed by atoms with Crippen LogP contribution in [0.4, 0.5) is 0 Å². The van der Waals surface area contributed by atoms with E-state index in [1.807, 2.05) is 18.7 Å². The number of aliphatic carboxylic acids is 1. The summed E-state index contributed by atoms with van der Waals surface area (Å²) in [5.41, 5.74) is 0.250. The fourth-order valence-corrected chi connectivity index (χ4v) is 9.22. The number of Topliss-reactive ketones (excluding diaryl/α,β-unsaturated/α-hetero) is 1. The van der Waals surface area contributed by atoms with Gasteiger partial charge < -0.3 is 25.5 Å². The second-order valence-corrected chi connectivity index (χ2v) is 14.0. The number of β-lactam (4-membered cyclic amide) rings is 1. The Morgan fingerprint density at radius 1 is 1.21 bits per heavy atom. The summed E-state index contributed by atoms with van der Waals surface area (Å²) in [6, 6.07) is -0.568. The number of carbonyl (C=O) groups is 4. The van der Waals surface area contributed by atoms with Crippen molar-refractivity contribution in [3.8, 4) is 0 Å². The van der Waals surface area contributed by atoms with Crippen molar-refractivity contribution >= 4 is 35.3 Å². The summed E-state index contributed by atoms with van der Waals surface area (Å²) in [5.74, 6) is -2.14.